The molecule has 0 bridgehead atoms. The Hall–Kier alpha value is 0.420. The highest BCUT2D eigenvalue weighted by Gasteiger charge is 2.19. The van der Waals surface area contributed by atoms with Crippen LogP contribution in [0.5, 0.6) is 0 Å². The van der Waals surface area contributed by atoms with Gasteiger partial charge in [0.1, 0.15) is 0 Å². The van der Waals surface area contributed by atoms with Crippen LogP contribution in [-0.4, -0.2) is 37.5 Å². The summed E-state index contributed by atoms with van der Waals surface area (Å²) in [5, 5.41) is 0. The normalized spacial score (nSPS) is 36.8. The van der Waals surface area contributed by atoms with Gasteiger partial charge in [-0.3, -0.25) is 0 Å². The first-order chi connectivity index (χ1) is 6.61. The minimum Gasteiger partial charge on any atom is -0.377 e. The van der Waals surface area contributed by atoms with Gasteiger partial charge in [-0.1, -0.05) is 0 Å². The molecule has 0 amide bonds. The molecule has 0 spiro atoms. The van der Waals surface area contributed by atoms with Crippen LogP contribution in [0.2, 0.25) is 0 Å². The summed E-state index contributed by atoms with van der Waals surface area (Å²) in [6, 6.07) is 0.583. The first-order valence-electron chi connectivity index (χ1n) is 5.35. The Bertz CT molecular complexity index is 141. The second kappa shape index (κ2) is 9.45. The molecule has 0 aromatic heterocycles. The number of hydrogen-bond acceptors (Lipinski definition) is 4. The van der Waals surface area contributed by atoms with Gasteiger partial charge in [-0.2, -0.15) is 0 Å². The standard InChI is InChI=1S/2C5H11NO.2ClH/c2*1-4-5(6)2-3-7-4;;/h2*4-5H,2-3,6H2,1H3;2*1H/t2*4-,5-;;/m10../s1. The summed E-state index contributed by atoms with van der Waals surface area (Å²) in [5.41, 5.74) is 11.1. The monoisotopic (exact) mass is 274 g/mol. The van der Waals surface area contributed by atoms with Crippen molar-refractivity contribution in [2.24, 2.45) is 11.5 Å². The Morgan fingerprint density at radius 1 is 0.812 bits per heavy atom. The van der Waals surface area contributed by atoms with Gasteiger partial charge < -0.3 is 20.9 Å². The van der Waals surface area contributed by atoms with E-state index >= 15 is 0 Å². The average Bonchev–Trinajstić information content (AvgIpc) is 2.67. The van der Waals surface area contributed by atoms with E-state index in [9.17, 15) is 0 Å². The van der Waals surface area contributed by atoms with Crippen molar-refractivity contribution < 1.29 is 9.47 Å². The Morgan fingerprint density at radius 3 is 1.19 bits per heavy atom. The molecule has 2 fully saturated rings. The predicted molar refractivity (Wildman–Crippen MR) is 70.5 cm³/mol. The predicted octanol–water partition coefficient (Wildman–Crippen LogP) is 1.09. The number of rotatable bonds is 0. The van der Waals surface area contributed by atoms with Crippen molar-refractivity contribution in [3.63, 3.8) is 0 Å². The van der Waals surface area contributed by atoms with Crippen molar-refractivity contribution in [1.82, 2.24) is 0 Å². The van der Waals surface area contributed by atoms with Crippen molar-refractivity contribution >= 4 is 24.8 Å². The first-order valence-corrected chi connectivity index (χ1v) is 5.35. The Kier molecular flexibility index (Phi) is 11.1. The van der Waals surface area contributed by atoms with Crippen LogP contribution in [0.1, 0.15) is 26.7 Å². The molecule has 2 rings (SSSR count). The number of hydrogen-bond donors (Lipinski definition) is 2. The average molecular weight is 275 g/mol. The van der Waals surface area contributed by atoms with Crippen molar-refractivity contribution in [1.29, 1.82) is 0 Å². The highest BCUT2D eigenvalue weighted by Crippen LogP contribution is 2.09. The van der Waals surface area contributed by atoms with Crippen LogP contribution in [0.4, 0.5) is 0 Å². The van der Waals surface area contributed by atoms with Gasteiger partial charge in [0.25, 0.3) is 0 Å². The second-order valence-electron chi connectivity index (χ2n) is 4.06. The van der Waals surface area contributed by atoms with E-state index in [4.69, 9.17) is 20.9 Å². The molecule has 100 valence electrons. The van der Waals surface area contributed by atoms with E-state index in [0.717, 1.165) is 26.1 Å². The molecule has 0 aliphatic carbocycles. The van der Waals surface area contributed by atoms with Gasteiger partial charge in [-0.25, -0.2) is 0 Å². The first kappa shape index (κ1) is 18.8. The third kappa shape index (κ3) is 6.23. The van der Waals surface area contributed by atoms with Gasteiger partial charge in [0, 0.05) is 25.3 Å². The molecular weight excluding hydrogens is 251 g/mol. The van der Waals surface area contributed by atoms with Crippen LogP contribution in [0.25, 0.3) is 0 Å². The van der Waals surface area contributed by atoms with Crippen molar-refractivity contribution in [2.45, 2.75) is 51.0 Å². The van der Waals surface area contributed by atoms with Gasteiger partial charge in [0.15, 0.2) is 0 Å². The topological polar surface area (TPSA) is 70.5 Å². The molecular formula is C10H24Cl2N2O2. The summed E-state index contributed by atoms with van der Waals surface area (Å²) in [7, 11) is 0. The van der Waals surface area contributed by atoms with Crippen LogP contribution in [0.3, 0.4) is 0 Å². The highest BCUT2D eigenvalue weighted by molar-refractivity contribution is 5.85. The molecule has 0 radical (unpaired) electrons. The molecule has 2 aliphatic rings. The summed E-state index contributed by atoms with van der Waals surface area (Å²) >= 11 is 0. The fraction of sp³-hybridized carbons (Fsp3) is 1.00. The lowest BCUT2D eigenvalue weighted by Gasteiger charge is -2.04. The van der Waals surface area contributed by atoms with E-state index in [1.54, 1.807) is 0 Å². The zero-order valence-electron chi connectivity index (χ0n) is 9.93. The number of halogens is 2. The summed E-state index contributed by atoms with van der Waals surface area (Å²) in [6.45, 7) is 5.72. The van der Waals surface area contributed by atoms with Crippen LogP contribution < -0.4 is 11.5 Å². The molecule has 2 saturated heterocycles. The summed E-state index contributed by atoms with van der Waals surface area (Å²) in [4.78, 5) is 0. The SMILES string of the molecule is C[C@@H]1OCC[C@@H]1N.C[C@H]1OCC[C@H]1N.Cl.Cl. The zero-order chi connectivity index (χ0) is 10.6. The second-order valence-corrected chi connectivity index (χ2v) is 4.06. The molecule has 0 aromatic rings. The maximum absolute atomic E-state index is 5.55. The molecule has 2 heterocycles. The lowest BCUT2D eigenvalue weighted by atomic mass is 10.2. The smallest absolute Gasteiger partial charge is 0.0698 e. The molecule has 4 nitrogen and oxygen atoms in total. The molecule has 6 heteroatoms. The lowest BCUT2D eigenvalue weighted by Crippen LogP contribution is -2.26. The zero-order valence-corrected chi connectivity index (χ0v) is 11.6. The Morgan fingerprint density at radius 2 is 1.12 bits per heavy atom. The summed E-state index contributed by atoms with van der Waals surface area (Å²) < 4.78 is 10.3. The molecule has 4 N–H and O–H groups in total. The van der Waals surface area contributed by atoms with Crippen LogP contribution in [-0.2, 0) is 9.47 Å². The van der Waals surface area contributed by atoms with Crippen molar-refractivity contribution in [2.75, 3.05) is 13.2 Å². The number of ether oxygens (including phenoxy) is 2. The van der Waals surface area contributed by atoms with E-state index < -0.39 is 0 Å². The van der Waals surface area contributed by atoms with E-state index in [1.165, 1.54) is 0 Å². The highest BCUT2D eigenvalue weighted by atomic mass is 35.5. The summed E-state index contributed by atoms with van der Waals surface area (Å²) in [6.07, 6.45) is 2.64. The fourth-order valence-electron chi connectivity index (χ4n) is 1.50. The van der Waals surface area contributed by atoms with E-state index in [1.807, 2.05) is 13.8 Å². The van der Waals surface area contributed by atoms with Crippen molar-refractivity contribution in [3.05, 3.63) is 0 Å². The van der Waals surface area contributed by atoms with Gasteiger partial charge in [-0.05, 0) is 26.7 Å². The van der Waals surface area contributed by atoms with Crippen LogP contribution in [0, 0.1) is 0 Å². The quantitative estimate of drug-likeness (QED) is 0.694. The van der Waals surface area contributed by atoms with Crippen molar-refractivity contribution in [3.8, 4) is 0 Å². The largest absolute Gasteiger partial charge is 0.377 e. The minimum atomic E-state index is 0. The molecule has 0 saturated carbocycles. The molecule has 2 aliphatic heterocycles. The fourth-order valence-corrected chi connectivity index (χ4v) is 1.50. The maximum atomic E-state index is 5.55. The lowest BCUT2D eigenvalue weighted by molar-refractivity contribution is 0.119. The van der Waals surface area contributed by atoms with E-state index in [2.05, 4.69) is 0 Å². The Balaban J connectivity index is 0. The Labute approximate surface area is 110 Å². The molecule has 4 atom stereocenters. The van der Waals surface area contributed by atoms with Gasteiger partial charge in [-0.15, -0.1) is 24.8 Å². The van der Waals surface area contributed by atoms with Crippen LogP contribution >= 0.6 is 24.8 Å². The maximum Gasteiger partial charge on any atom is 0.0698 e. The molecule has 0 aromatic carbocycles. The van der Waals surface area contributed by atoms with Gasteiger partial charge >= 0.3 is 0 Å². The minimum absolute atomic E-state index is 0. The van der Waals surface area contributed by atoms with Crippen LogP contribution in [0.15, 0.2) is 0 Å². The van der Waals surface area contributed by atoms with Gasteiger partial charge in [0.05, 0.1) is 12.2 Å². The third-order valence-corrected chi connectivity index (χ3v) is 2.87. The third-order valence-electron chi connectivity index (χ3n) is 2.87. The molecule has 0 unspecified atom stereocenters. The van der Waals surface area contributed by atoms with Gasteiger partial charge in [0.2, 0.25) is 0 Å². The van der Waals surface area contributed by atoms with E-state index in [0.29, 0.717) is 24.3 Å². The van der Waals surface area contributed by atoms with E-state index in [-0.39, 0.29) is 24.8 Å². The number of nitrogens with two attached hydrogens (primary N) is 2. The molecule has 16 heavy (non-hydrogen) atoms. The summed E-state index contributed by atoms with van der Waals surface area (Å²) in [5.74, 6) is 0.